The van der Waals surface area contributed by atoms with Crippen LogP contribution >= 0.6 is 0 Å². The van der Waals surface area contributed by atoms with E-state index in [1.807, 2.05) is 24.3 Å². The van der Waals surface area contributed by atoms with E-state index in [2.05, 4.69) is 203 Å². The standard InChI is InChI=1S/C56H36N4/c1-4-17-37(18-5-1)40-24-16-25-43(34-40)59-49-29-14-12-27-45(49)54-51(59)31-32-52-55(54)46-28-13-15-30-50(46)60(52)53-35-42(33-41-23-10-11-26-44(41)53)48-36-47(38-19-6-2-7-20-38)57-56(58-48)39-21-8-3-9-22-39/h1-36H. The summed E-state index contributed by atoms with van der Waals surface area (Å²) < 4.78 is 4.90. The second kappa shape index (κ2) is 13.8. The van der Waals surface area contributed by atoms with Gasteiger partial charge in [0, 0.05) is 49.3 Å². The lowest BCUT2D eigenvalue weighted by atomic mass is 10.0. The van der Waals surface area contributed by atoms with Gasteiger partial charge in [0.2, 0.25) is 0 Å². The Morgan fingerprint density at radius 2 is 0.817 bits per heavy atom. The van der Waals surface area contributed by atoms with E-state index in [-0.39, 0.29) is 0 Å². The zero-order valence-corrected chi connectivity index (χ0v) is 32.6. The van der Waals surface area contributed by atoms with Gasteiger partial charge in [0.05, 0.1) is 39.1 Å². The van der Waals surface area contributed by atoms with Gasteiger partial charge < -0.3 is 9.13 Å². The van der Waals surface area contributed by atoms with Crippen molar-refractivity contribution in [3.05, 3.63) is 218 Å². The maximum Gasteiger partial charge on any atom is 0.160 e. The van der Waals surface area contributed by atoms with E-state index >= 15 is 0 Å². The van der Waals surface area contributed by atoms with Gasteiger partial charge in [-0.3, -0.25) is 0 Å². The number of hydrogen-bond donors (Lipinski definition) is 0. The first-order valence-electron chi connectivity index (χ1n) is 20.4. The number of benzene rings is 9. The van der Waals surface area contributed by atoms with Crippen LogP contribution in [0.1, 0.15) is 0 Å². The molecule has 0 bridgehead atoms. The molecule has 0 spiro atoms. The van der Waals surface area contributed by atoms with Crippen molar-refractivity contribution in [1.82, 2.24) is 19.1 Å². The fourth-order valence-electron chi connectivity index (χ4n) is 9.20. The zero-order valence-electron chi connectivity index (χ0n) is 32.6. The predicted octanol–water partition coefficient (Wildman–Crippen LogP) is 14.5. The Hall–Kier alpha value is -8.08. The lowest BCUT2D eigenvalue weighted by Gasteiger charge is -2.15. The van der Waals surface area contributed by atoms with Gasteiger partial charge >= 0.3 is 0 Å². The van der Waals surface area contributed by atoms with Gasteiger partial charge in [-0.1, -0.05) is 164 Å². The first kappa shape index (κ1) is 34.0. The van der Waals surface area contributed by atoms with Gasteiger partial charge in [0.25, 0.3) is 0 Å². The Kier molecular flexibility index (Phi) is 7.82. The molecule has 0 fully saturated rings. The number of fused-ring (bicyclic) bond motifs is 8. The molecular formula is C56H36N4. The smallest absolute Gasteiger partial charge is 0.160 e. The van der Waals surface area contributed by atoms with Crippen LogP contribution in [0.4, 0.5) is 0 Å². The average Bonchev–Trinajstić information content (AvgIpc) is 3.85. The Balaban J connectivity index is 1.13. The second-order valence-corrected chi connectivity index (χ2v) is 15.4. The molecule has 12 aromatic rings. The number of hydrogen-bond acceptors (Lipinski definition) is 2. The number of rotatable bonds is 6. The van der Waals surface area contributed by atoms with E-state index in [0.29, 0.717) is 5.82 Å². The molecule has 0 N–H and O–H groups in total. The molecule has 0 saturated carbocycles. The van der Waals surface area contributed by atoms with Crippen LogP contribution in [-0.2, 0) is 0 Å². The predicted molar refractivity (Wildman–Crippen MR) is 250 cm³/mol. The fraction of sp³-hybridized carbons (Fsp3) is 0. The molecule has 0 aliphatic carbocycles. The molecule has 0 saturated heterocycles. The van der Waals surface area contributed by atoms with Crippen LogP contribution in [0.2, 0.25) is 0 Å². The van der Waals surface area contributed by atoms with Crippen molar-refractivity contribution in [1.29, 1.82) is 0 Å². The van der Waals surface area contributed by atoms with Gasteiger partial charge in [0.1, 0.15) is 0 Å². The first-order chi connectivity index (χ1) is 29.8. The van der Waals surface area contributed by atoms with Crippen molar-refractivity contribution >= 4 is 54.4 Å². The molecule has 0 amide bonds. The SMILES string of the molecule is c1ccc(-c2cccc(-n3c4ccccc4c4c5c6ccccc6n(-c6cc(-c7cc(-c8ccccc8)nc(-c8ccccc8)n7)cc7ccccc67)c5ccc43)c2)cc1. The molecular weight excluding hydrogens is 729 g/mol. The Bertz CT molecular complexity index is 3530. The Labute approximate surface area is 346 Å². The minimum Gasteiger partial charge on any atom is -0.309 e. The van der Waals surface area contributed by atoms with Gasteiger partial charge in [-0.25, -0.2) is 9.97 Å². The quantitative estimate of drug-likeness (QED) is 0.169. The van der Waals surface area contributed by atoms with Crippen LogP contribution < -0.4 is 0 Å². The number of aromatic nitrogens is 4. The van der Waals surface area contributed by atoms with Crippen LogP contribution in [0.5, 0.6) is 0 Å². The van der Waals surface area contributed by atoms with E-state index in [9.17, 15) is 0 Å². The van der Waals surface area contributed by atoms with Crippen LogP contribution in [0.25, 0.3) is 111 Å². The molecule has 3 aromatic heterocycles. The highest BCUT2D eigenvalue weighted by molar-refractivity contribution is 6.29. The summed E-state index contributed by atoms with van der Waals surface area (Å²) in [6.45, 7) is 0. The van der Waals surface area contributed by atoms with Crippen LogP contribution in [0.3, 0.4) is 0 Å². The average molecular weight is 765 g/mol. The van der Waals surface area contributed by atoms with E-state index < -0.39 is 0 Å². The monoisotopic (exact) mass is 764 g/mol. The highest BCUT2D eigenvalue weighted by Crippen LogP contribution is 2.44. The van der Waals surface area contributed by atoms with Crippen LogP contribution in [-0.4, -0.2) is 19.1 Å². The third-order valence-electron chi connectivity index (χ3n) is 11.9. The highest BCUT2D eigenvalue weighted by atomic mass is 15.0. The van der Waals surface area contributed by atoms with Crippen molar-refractivity contribution < 1.29 is 0 Å². The summed E-state index contributed by atoms with van der Waals surface area (Å²) >= 11 is 0. The number of nitrogens with zero attached hydrogens (tertiary/aromatic N) is 4. The summed E-state index contributed by atoms with van der Waals surface area (Å²) in [4.78, 5) is 10.4. The minimum atomic E-state index is 0.701. The molecule has 4 nitrogen and oxygen atoms in total. The normalized spacial score (nSPS) is 11.7. The molecule has 60 heavy (non-hydrogen) atoms. The Morgan fingerprint density at radius 3 is 1.50 bits per heavy atom. The molecule has 3 heterocycles. The van der Waals surface area contributed by atoms with Gasteiger partial charge in [-0.05, 0) is 71.1 Å². The lowest BCUT2D eigenvalue weighted by molar-refractivity contribution is 1.17. The van der Waals surface area contributed by atoms with Crippen LogP contribution in [0.15, 0.2) is 218 Å². The highest BCUT2D eigenvalue weighted by Gasteiger charge is 2.22. The zero-order chi connectivity index (χ0) is 39.6. The fourth-order valence-corrected chi connectivity index (χ4v) is 9.20. The maximum absolute atomic E-state index is 5.26. The van der Waals surface area contributed by atoms with E-state index in [1.165, 1.54) is 49.1 Å². The van der Waals surface area contributed by atoms with Crippen molar-refractivity contribution in [3.63, 3.8) is 0 Å². The molecule has 0 unspecified atom stereocenters. The molecule has 12 rings (SSSR count). The van der Waals surface area contributed by atoms with Crippen molar-refractivity contribution in [3.8, 4) is 56.4 Å². The minimum absolute atomic E-state index is 0.701. The van der Waals surface area contributed by atoms with E-state index in [4.69, 9.17) is 9.97 Å². The summed E-state index contributed by atoms with van der Waals surface area (Å²) in [7, 11) is 0. The van der Waals surface area contributed by atoms with E-state index in [1.54, 1.807) is 0 Å². The third kappa shape index (κ3) is 5.46. The van der Waals surface area contributed by atoms with Crippen LogP contribution in [0, 0.1) is 0 Å². The molecule has 280 valence electrons. The summed E-state index contributed by atoms with van der Waals surface area (Å²) in [5.74, 6) is 0.701. The summed E-state index contributed by atoms with van der Waals surface area (Å²) in [6, 6.07) is 78.0. The van der Waals surface area contributed by atoms with Gasteiger partial charge in [-0.15, -0.1) is 0 Å². The first-order valence-corrected chi connectivity index (χ1v) is 20.4. The Morgan fingerprint density at radius 1 is 0.300 bits per heavy atom. The maximum atomic E-state index is 5.26. The van der Waals surface area contributed by atoms with Crippen molar-refractivity contribution in [2.24, 2.45) is 0 Å². The largest absolute Gasteiger partial charge is 0.309 e. The van der Waals surface area contributed by atoms with Gasteiger partial charge in [-0.2, -0.15) is 0 Å². The molecule has 0 aliphatic rings. The molecule has 0 aliphatic heterocycles. The summed E-state index contributed by atoms with van der Waals surface area (Å²) in [5.41, 5.74) is 14.1. The van der Waals surface area contributed by atoms with Crippen molar-refractivity contribution in [2.75, 3.05) is 0 Å². The summed E-state index contributed by atoms with van der Waals surface area (Å²) in [5, 5.41) is 7.25. The van der Waals surface area contributed by atoms with Gasteiger partial charge in [0.15, 0.2) is 5.82 Å². The number of para-hydroxylation sites is 2. The third-order valence-corrected chi connectivity index (χ3v) is 11.9. The molecule has 0 atom stereocenters. The molecule has 4 heteroatoms. The lowest BCUT2D eigenvalue weighted by Crippen LogP contribution is -1.99. The molecule has 0 radical (unpaired) electrons. The second-order valence-electron chi connectivity index (χ2n) is 15.4. The van der Waals surface area contributed by atoms with Crippen molar-refractivity contribution in [2.45, 2.75) is 0 Å². The van der Waals surface area contributed by atoms with E-state index in [0.717, 1.165) is 55.9 Å². The molecule has 9 aromatic carbocycles. The topological polar surface area (TPSA) is 35.6 Å². The summed E-state index contributed by atoms with van der Waals surface area (Å²) in [6.07, 6.45) is 0.